The highest BCUT2D eigenvalue weighted by Gasteiger charge is 2.52. The second-order valence-corrected chi connectivity index (χ2v) is 7.71. The van der Waals surface area contributed by atoms with E-state index in [0.717, 1.165) is 32.5 Å². The van der Waals surface area contributed by atoms with E-state index in [1.807, 2.05) is 0 Å². The summed E-state index contributed by atoms with van der Waals surface area (Å²) in [5.74, 6) is -3.93. The lowest BCUT2D eigenvalue weighted by Crippen LogP contribution is -2.61. The monoisotopic (exact) mass is 465 g/mol. The highest BCUT2D eigenvalue weighted by Crippen LogP contribution is 2.34. The van der Waals surface area contributed by atoms with E-state index < -0.39 is 65.7 Å². The minimum absolute atomic E-state index is 0.000423. The molecule has 0 saturated carbocycles. The van der Waals surface area contributed by atoms with Gasteiger partial charge < -0.3 is 34.1 Å². The summed E-state index contributed by atoms with van der Waals surface area (Å²) in [7, 11) is 1.46. The molecule has 1 aliphatic rings. The van der Waals surface area contributed by atoms with Crippen molar-refractivity contribution >= 4 is 41.6 Å². The van der Waals surface area contributed by atoms with Crippen LogP contribution in [-0.2, 0) is 47.7 Å². The molecule has 5 unspecified atom stereocenters. The molecular weight excluding hydrogens is 438 g/mol. The fourth-order valence-electron chi connectivity index (χ4n) is 2.79. The van der Waals surface area contributed by atoms with Gasteiger partial charge in [-0.1, -0.05) is 0 Å². The van der Waals surface area contributed by atoms with Crippen LogP contribution in [-0.4, -0.2) is 90.3 Å². The normalized spacial score (nSPS) is 26.3. The van der Waals surface area contributed by atoms with Crippen LogP contribution in [0.1, 0.15) is 27.7 Å². The highest BCUT2D eigenvalue weighted by molar-refractivity contribution is 7.99. The Morgan fingerprint density at radius 2 is 1.42 bits per heavy atom. The van der Waals surface area contributed by atoms with Gasteiger partial charge in [-0.15, -0.1) is 11.8 Å². The van der Waals surface area contributed by atoms with Gasteiger partial charge in [-0.3, -0.25) is 24.0 Å². The molecule has 0 spiro atoms. The number of rotatable bonds is 10. The van der Waals surface area contributed by atoms with Crippen molar-refractivity contribution in [2.24, 2.45) is 0 Å². The van der Waals surface area contributed by atoms with Crippen molar-refractivity contribution in [1.82, 2.24) is 5.32 Å². The number of carboxylic acids is 1. The molecule has 1 heterocycles. The van der Waals surface area contributed by atoms with Crippen LogP contribution in [0.4, 0.5) is 0 Å². The Hall–Kier alpha value is -2.38. The molecule has 0 bridgehead atoms. The van der Waals surface area contributed by atoms with E-state index in [4.69, 9.17) is 23.7 Å². The molecular formula is C18H27NO11S. The van der Waals surface area contributed by atoms with Crippen LogP contribution in [0.15, 0.2) is 0 Å². The van der Waals surface area contributed by atoms with Crippen LogP contribution >= 0.6 is 11.8 Å². The Kier molecular flexibility index (Phi) is 10.7. The first-order valence-corrected chi connectivity index (χ1v) is 10.3. The van der Waals surface area contributed by atoms with Gasteiger partial charge in [0.15, 0.2) is 18.3 Å². The van der Waals surface area contributed by atoms with Gasteiger partial charge in [0.25, 0.3) is 0 Å². The number of nitrogens with one attached hydrogen (secondary N) is 1. The number of carbonyl (C=O) groups is 5. The predicted octanol–water partition coefficient (Wildman–Crippen LogP) is -0.525. The second kappa shape index (κ2) is 12.5. The number of thioether (sulfide) groups is 1. The van der Waals surface area contributed by atoms with E-state index in [-0.39, 0.29) is 12.4 Å². The molecule has 1 aliphatic heterocycles. The summed E-state index contributed by atoms with van der Waals surface area (Å²) in [5.41, 5.74) is -1.02. The summed E-state index contributed by atoms with van der Waals surface area (Å²) in [6.45, 7) is 4.20. The molecule has 0 amide bonds. The summed E-state index contributed by atoms with van der Waals surface area (Å²) in [6.07, 6.45) is -4.83. The van der Waals surface area contributed by atoms with Crippen LogP contribution in [0.3, 0.4) is 0 Å². The Morgan fingerprint density at radius 1 is 0.903 bits per heavy atom. The lowest BCUT2D eigenvalue weighted by atomic mass is 9.99. The van der Waals surface area contributed by atoms with Gasteiger partial charge in [0.2, 0.25) is 0 Å². The third-order valence-corrected chi connectivity index (χ3v) is 5.26. The Balaban J connectivity index is 3.28. The smallest absolute Gasteiger partial charge is 0.321 e. The van der Waals surface area contributed by atoms with Crippen molar-refractivity contribution in [3.63, 3.8) is 0 Å². The molecule has 0 radical (unpaired) electrons. The number of aliphatic carboxylic acids is 1. The summed E-state index contributed by atoms with van der Waals surface area (Å²) in [5, 5.41) is 11.9. The van der Waals surface area contributed by atoms with Crippen LogP contribution in [0.5, 0.6) is 0 Å². The first-order chi connectivity index (χ1) is 14.5. The van der Waals surface area contributed by atoms with E-state index in [1.54, 1.807) is 0 Å². The van der Waals surface area contributed by atoms with Crippen molar-refractivity contribution in [1.29, 1.82) is 0 Å². The van der Waals surface area contributed by atoms with E-state index in [0.29, 0.717) is 0 Å². The van der Waals surface area contributed by atoms with Crippen molar-refractivity contribution in [3.05, 3.63) is 0 Å². The molecule has 6 atom stereocenters. The summed E-state index contributed by atoms with van der Waals surface area (Å²) in [6, 6.07) is -0.947. The minimum atomic E-state index is -1.28. The first kappa shape index (κ1) is 26.7. The molecule has 31 heavy (non-hydrogen) atoms. The summed E-state index contributed by atoms with van der Waals surface area (Å²) >= 11 is 0.983. The maximum absolute atomic E-state index is 11.7. The third kappa shape index (κ3) is 8.71. The second-order valence-electron chi connectivity index (χ2n) is 6.58. The average molecular weight is 465 g/mol. The standard InChI is InChI=1S/C18H27NO11S/c1-8(20)26-6-13-14(27-9(2)21)15(28-10(3)22)16(29-11(4)23)18(30-13)31-7-12(19-5)17(24)25/h12-16,18-19H,6-7H2,1-5H3,(H,24,25)/t12-,13?,14?,15?,16?,18?/m0/s1. The predicted molar refractivity (Wildman–Crippen MR) is 105 cm³/mol. The number of carboxylic acid groups (broad SMARTS) is 1. The largest absolute Gasteiger partial charge is 0.480 e. The van der Waals surface area contributed by atoms with Gasteiger partial charge in [0.05, 0.1) is 0 Å². The number of carbonyl (C=O) groups excluding carboxylic acids is 4. The molecule has 0 aliphatic carbocycles. The lowest BCUT2D eigenvalue weighted by Gasteiger charge is -2.44. The summed E-state index contributed by atoms with van der Waals surface area (Å²) in [4.78, 5) is 57.7. The van der Waals surface area contributed by atoms with Crippen LogP contribution in [0, 0.1) is 0 Å². The van der Waals surface area contributed by atoms with Crippen LogP contribution < -0.4 is 5.32 Å². The maximum atomic E-state index is 11.7. The molecule has 12 nitrogen and oxygen atoms in total. The number of likely N-dealkylation sites (N-methyl/N-ethyl adjacent to an activating group) is 1. The van der Waals surface area contributed by atoms with Crippen molar-refractivity contribution in [3.8, 4) is 0 Å². The number of hydrogen-bond acceptors (Lipinski definition) is 12. The summed E-state index contributed by atoms with van der Waals surface area (Å²) < 4.78 is 26.7. The van der Waals surface area contributed by atoms with Crippen molar-refractivity contribution in [2.75, 3.05) is 19.4 Å². The van der Waals surface area contributed by atoms with Gasteiger partial charge in [0, 0.05) is 33.4 Å². The third-order valence-electron chi connectivity index (χ3n) is 4.02. The molecule has 13 heteroatoms. The van der Waals surface area contributed by atoms with E-state index in [2.05, 4.69) is 5.32 Å². The fraction of sp³-hybridized carbons (Fsp3) is 0.722. The highest BCUT2D eigenvalue weighted by atomic mass is 32.2. The Labute approximate surface area is 183 Å². The number of ether oxygens (including phenoxy) is 5. The molecule has 2 N–H and O–H groups in total. The topological polar surface area (TPSA) is 164 Å². The molecule has 0 aromatic rings. The zero-order valence-electron chi connectivity index (χ0n) is 17.8. The molecule has 0 aromatic carbocycles. The fourth-order valence-corrected chi connectivity index (χ4v) is 4.10. The number of hydrogen-bond donors (Lipinski definition) is 2. The quantitative estimate of drug-likeness (QED) is 0.313. The van der Waals surface area contributed by atoms with E-state index in [9.17, 15) is 29.1 Å². The Morgan fingerprint density at radius 3 is 1.87 bits per heavy atom. The minimum Gasteiger partial charge on any atom is -0.480 e. The van der Waals surface area contributed by atoms with Crippen LogP contribution in [0.25, 0.3) is 0 Å². The molecule has 1 fully saturated rings. The Bertz CT molecular complexity index is 685. The van der Waals surface area contributed by atoms with E-state index in [1.165, 1.54) is 14.0 Å². The molecule has 1 saturated heterocycles. The SMILES string of the molecule is CN[C@@H](CSC1OC(COC(C)=O)C(OC(C)=O)C(OC(C)=O)C1OC(C)=O)C(=O)O. The van der Waals surface area contributed by atoms with Gasteiger partial charge in [-0.25, -0.2) is 0 Å². The molecule has 1 rings (SSSR count). The van der Waals surface area contributed by atoms with Crippen LogP contribution in [0.2, 0.25) is 0 Å². The van der Waals surface area contributed by atoms with E-state index >= 15 is 0 Å². The lowest BCUT2D eigenvalue weighted by molar-refractivity contribution is -0.237. The van der Waals surface area contributed by atoms with Gasteiger partial charge in [-0.05, 0) is 7.05 Å². The number of esters is 4. The van der Waals surface area contributed by atoms with Gasteiger partial charge >= 0.3 is 29.8 Å². The van der Waals surface area contributed by atoms with Crippen molar-refractivity contribution < 1.29 is 52.8 Å². The first-order valence-electron chi connectivity index (χ1n) is 9.28. The maximum Gasteiger partial charge on any atom is 0.321 e. The van der Waals surface area contributed by atoms with Crippen molar-refractivity contribution in [2.45, 2.75) is 63.6 Å². The van der Waals surface area contributed by atoms with Gasteiger partial charge in [-0.2, -0.15) is 0 Å². The molecule has 176 valence electrons. The van der Waals surface area contributed by atoms with Gasteiger partial charge in [0.1, 0.15) is 24.2 Å². The zero-order valence-corrected chi connectivity index (χ0v) is 18.6. The zero-order chi connectivity index (χ0) is 23.7. The molecule has 0 aromatic heterocycles. The average Bonchev–Trinajstić information content (AvgIpc) is 2.63.